The molecule has 0 aliphatic rings. The highest BCUT2D eigenvalue weighted by molar-refractivity contribution is 9.10. The van der Waals surface area contributed by atoms with Crippen LogP contribution >= 0.6 is 27.7 Å². The van der Waals surface area contributed by atoms with Crippen molar-refractivity contribution in [1.29, 1.82) is 0 Å². The summed E-state index contributed by atoms with van der Waals surface area (Å²) in [5.41, 5.74) is -0.424. The fraction of sp³-hybridized carbons (Fsp3) is 0.154. The Labute approximate surface area is 125 Å². The van der Waals surface area contributed by atoms with Crippen LogP contribution in [0, 0.1) is 0 Å². The predicted octanol–water partition coefficient (Wildman–Crippen LogP) is 4.81. The first kappa shape index (κ1) is 15.2. The topological polar surface area (TPSA) is 30.2 Å². The molecule has 0 unspecified atom stereocenters. The Kier molecular flexibility index (Phi) is 4.29. The van der Waals surface area contributed by atoms with Gasteiger partial charge in [0.25, 0.3) is 0 Å². The Hall–Kier alpha value is -1.21. The standard InChI is InChI=1S/C13H8BrF3O2S/c1-20-10-4-2-7(6-9(10)14)8-3-5-11(13(15,16)17)19-12(8)18/h2-6H,1H3. The van der Waals surface area contributed by atoms with E-state index in [1.54, 1.807) is 18.2 Å². The van der Waals surface area contributed by atoms with Crippen molar-refractivity contribution >= 4 is 27.7 Å². The van der Waals surface area contributed by atoms with Crippen LogP contribution in [0.25, 0.3) is 11.1 Å². The van der Waals surface area contributed by atoms with Crippen LogP contribution in [0.4, 0.5) is 13.2 Å². The van der Waals surface area contributed by atoms with E-state index in [0.29, 0.717) is 5.56 Å². The molecular formula is C13H8BrF3O2S. The fourth-order valence-corrected chi connectivity index (χ4v) is 2.94. The van der Waals surface area contributed by atoms with Crippen molar-refractivity contribution in [2.45, 2.75) is 11.1 Å². The third-order valence-electron chi connectivity index (χ3n) is 2.57. The van der Waals surface area contributed by atoms with Crippen LogP contribution in [-0.4, -0.2) is 6.26 Å². The number of benzene rings is 1. The molecule has 106 valence electrons. The largest absolute Gasteiger partial charge is 0.449 e. The zero-order valence-corrected chi connectivity index (χ0v) is 12.5. The van der Waals surface area contributed by atoms with Crippen LogP contribution < -0.4 is 5.63 Å². The molecule has 1 heterocycles. The van der Waals surface area contributed by atoms with Crippen molar-refractivity contribution in [3.05, 3.63) is 51.0 Å². The molecule has 0 radical (unpaired) electrons. The van der Waals surface area contributed by atoms with E-state index in [9.17, 15) is 18.0 Å². The van der Waals surface area contributed by atoms with E-state index in [0.717, 1.165) is 21.5 Å². The van der Waals surface area contributed by atoms with Gasteiger partial charge in [0, 0.05) is 9.37 Å². The molecule has 7 heteroatoms. The van der Waals surface area contributed by atoms with Crippen molar-refractivity contribution in [3.63, 3.8) is 0 Å². The van der Waals surface area contributed by atoms with Crippen molar-refractivity contribution in [1.82, 2.24) is 0 Å². The summed E-state index contributed by atoms with van der Waals surface area (Å²) in [6.45, 7) is 0. The van der Waals surface area contributed by atoms with Gasteiger partial charge in [0.15, 0.2) is 0 Å². The molecule has 2 nitrogen and oxygen atoms in total. The lowest BCUT2D eigenvalue weighted by Crippen LogP contribution is -2.11. The van der Waals surface area contributed by atoms with E-state index in [-0.39, 0.29) is 5.56 Å². The maximum atomic E-state index is 12.4. The van der Waals surface area contributed by atoms with Crippen molar-refractivity contribution < 1.29 is 17.6 Å². The second kappa shape index (κ2) is 5.65. The van der Waals surface area contributed by atoms with Gasteiger partial charge in [-0.3, -0.25) is 0 Å². The molecule has 0 aliphatic carbocycles. The van der Waals surface area contributed by atoms with Gasteiger partial charge in [-0.15, -0.1) is 11.8 Å². The van der Waals surface area contributed by atoms with E-state index in [2.05, 4.69) is 20.3 Å². The fourth-order valence-electron chi connectivity index (χ4n) is 1.62. The summed E-state index contributed by atoms with van der Waals surface area (Å²) < 4.78 is 42.4. The minimum atomic E-state index is -4.67. The Balaban J connectivity index is 2.49. The van der Waals surface area contributed by atoms with Gasteiger partial charge in [-0.05, 0) is 52.0 Å². The highest BCUT2D eigenvalue weighted by atomic mass is 79.9. The molecule has 0 spiro atoms. The Bertz CT molecular complexity index is 695. The number of rotatable bonds is 2. The van der Waals surface area contributed by atoms with E-state index in [4.69, 9.17) is 0 Å². The number of halogens is 4. The highest BCUT2D eigenvalue weighted by Gasteiger charge is 2.34. The molecule has 0 atom stereocenters. The van der Waals surface area contributed by atoms with Crippen LogP contribution in [0.3, 0.4) is 0 Å². The lowest BCUT2D eigenvalue weighted by Gasteiger charge is -2.07. The van der Waals surface area contributed by atoms with Crippen LogP contribution in [0.5, 0.6) is 0 Å². The number of hydrogen-bond donors (Lipinski definition) is 0. The molecule has 2 rings (SSSR count). The highest BCUT2D eigenvalue weighted by Crippen LogP contribution is 2.32. The molecule has 0 saturated heterocycles. The molecule has 2 aromatic rings. The lowest BCUT2D eigenvalue weighted by molar-refractivity contribution is -0.154. The third-order valence-corrected chi connectivity index (χ3v) is 4.28. The summed E-state index contributed by atoms with van der Waals surface area (Å²) >= 11 is 4.85. The smallest absolute Gasteiger partial charge is 0.418 e. The minimum Gasteiger partial charge on any atom is -0.418 e. The molecule has 0 amide bonds. The molecule has 1 aromatic heterocycles. The SMILES string of the molecule is CSc1ccc(-c2ccc(C(F)(F)F)oc2=O)cc1Br. The van der Waals surface area contributed by atoms with Crippen LogP contribution in [0.15, 0.2) is 48.9 Å². The van der Waals surface area contributed by atoms with Crippen molar-refractivity contribution in [2.75, 3.05) is 6.26 Å². The summed E-state index contributed by atoms with van der Waals surface area (Å²) in [4.78, 5) is 12.6. The Morgan fingerprint density at radius 1 is 1.20 bits per heavy atom. The molecule has 0 saturated carbocycles. The first-order chi connectivity index (χ1) is 9.32. The average Bonchev–Trinajstić information content (AvgIpc) is 2.37. The maximum Gasteiger partial charge on any atom is 0.449 e. The average molecular weight is 365 g/mol. The summed E-state index contributed by atoms with van der Waals surface area (Å²) in [6.07, 6.45) is -2.77. The number of alkyl halides is 3. The predicted molar refractivity (Wildman–Crippen MR) is 74.9 cm³/mol. The van der Waals surface area contributed by atoms with Crippen LogP contribution in [0.2, 0.25) is 0 Å². The second-order valence-corrected chi connectivity index (χ2v) is 5.55. The Morgan fingerprint density at radius 2 is 1.90 bits per heavy atom. The summed E-state index contributed by atoms with van der Waals surface area (Å²) in [7, 11) is 0. The maximum absolute atomic E-state index is 12.4. The molecule has 20 heavy (non-hydrogen) atoms. The quantitative estimate of drug-likeness (QED) is 0.716. The molecule has 0 aliphatic heterocycles. The third kappa shape index (κ3) is 3.09. The zero-order valence-electron chi connectivity index (χ0n) is 10.1. The number of hydrogen-bond acceptors (Lipinski definition) is 3. The van der Waals surface area contributed by atoms with E-state index < -0.39 is 17.6 Å². The summed E-state index contributed by atoms with van der Waals surface area (Å²) in [6, 6.07) is 6.99. The van der Waals surface area contributed by atoms with Crippen LogP contribution in [0.1, 0.15) is 5.76 Å². The molecule has 0 N–H and O–H groups in total. The van der Waals surface area contributed by atoms with Gasteiger partial charge < -0.3 is 4.42 Å². The van der Waals surface area contributed by atoms with E-state index in [1.165, 1.54) is 11.8 Å². The van der Waals surface area contributed by atoms with E-state index in [1.807, 2.05) is 6.26 Å². The summed E-state index contributed by atoms with van der Waals surface area (Å²) in [5.74, 6) is -1.30. The minimum absolute atomic E-state index is 0.0892. The summed E-state index contributed by atoms with van der Waals surface area (Å²) in [5, 5.41) is 0. The van der Waals surface area contributed by atoms with Gasteiger partial charge in [-0.2, -0.15) is 13.2 Å². The van der Waals surface area contributed by atoms with Crippen LogP contribution in [-0.2, 0) is 6.18 Å². The molecular weight excluding hydrogens is 357 g/mol. The van der Waals surface area contributed by atoms with Gasteiger partial charge in [-0.1, -0.05) is 6.07 Å². The van der Waals surface area contributed by atoms with Gasteiger partial charge in [0.1, 0.15) is 0 Å². The van der Waals surface area contributed by atoms with Crippen molar-refractivity contribution in [3.8, 4) is 11.1 Å². The monoisotopic (exact) mass is 364 g/mol. The van der Waals surface area contributed by atoms with Crippen molar-refractivity contribution in [2.24, 2.45) is 0 Å². The van der Waals surface area contributed by atoms with Gasteiger partial charge in [0.05, 0.1) is 5.56 Å². The van der Waals surface area contributed by atoms with E-state index >= 15 is 0 Å². The van der Waals surface area contributed by atoms with Gasteiger partial charge in [-0.25, -0.2) is 4.79 Å². The molecule has 0 fully saturated rings. The normalized spacial score (nSPS) is 11.7. The molecule has 1 aromatic carbocycles. The lowest BCUT2D eigenvalue weighted by atomic mass is 10.1. The molecule has 0 bridgehead atoms. The first-order valence-corrected chi connectivity index (χ1v) is 7.40. The van der Waals surface area contributed by atoms with Gasteiger partial charge in [0.2, 0.25) is 5.76 Å². The number of thioether (sulfide) groups is 1. The second-order valence-electron chi connectivity index (χ2n) is 3.85. The zero-order chi connectivity index (χ0) is 14.9. The first-order valence-electron chi connectivity index (χ1n) is 5.38. The van der Waals surface area contributed by atoms with Gasteiger partial charge >= 0.3 is 11.8 Å². The Morgan fingerprint density at radius 3 is 2.40 bits per heavy atom.